The van der Waals surface area contributed by atoms with Crippen LogP contribution < -0.4 is 0 Å². The summed E-state index contributed by atoms with van der Waals surface area (Å²) in [6.45, 7) is 0. The fraction of sp³-hybridized carbons (Fsp3) is 1.00. The minimum Gasteiger partial charge on any atom is -0.0774 e. The predicted octanol–water partition coefficient (Wildman–Crippen LogP) is 6.53. The van der Waals surface area contributed by atoms with Gasteiger partial charge in [-0.3, -0.25) is 0 Å². The molecular weight excluding hydrogens is 309 g/mol. The van der Waals surface area contributed by atoms with Gasteiger partial charge >= 0.3 is 0 Å². The van der Waals surface area contributed by atoms with Crippen LogP contribution in [0.25, 0.3) is 0 Å². The van der Waals surface area contributed by atoms with Gasteiger partial charge in [0, 0.05) is 0 Å². The van der Waals surface area contributed by atoms with Gasteiger partial charge in [0.05, 0.1) is 0 Å². The first-order chi connectivity index (χ1) is 12.9. The van der Waals surface area contributed by atoms with Crippen molar-refractivity contribution >= 4 is 21.8 Å². The van der Waals surface area contributed by atoms with E-state index < -0.39 is 0 Å². The van der Waals surface area contributed by atoms with Crippen molar-refractivity contribution in [1.29, 1.82) is 0 Å². The summed E-state index contributed by atoms with van der Waals surface area (Å²) in [6.07, 6.45) is 31.0. The van der Waals surface area contributed by atoms with Gasteiger partial charge < -0.3 is 0 Å². The Morgan fingerprint density at radius 1 is 0.423 bits per heavy atom. The summed E-state index contributed by atoms with van der Waals surface area (Å²) in [7, 11) is 4.55. The molecule has 0 amide bonds. The van der Waals surface area contributed by atoms with Crippen LogP contribution >= 0.6 is 0 Å². The molecule has 3 aliphatic rings. The molecule has 146 valence electrons. The summed E-state index contributed by atoms with van der Waals surface area (Å²) in [6, 6.07) is 0. The van der Waals surface area contributed by atoms with Crippen molar-refractivity contribution in [3.63, 3.8) is 0 Å². The van der Waals surface area contributed by atoms with Gasteiger partial charge in [-0.05, 0) is 30.1 Å². The van der Waals surface area contributed by atoms with E-state index in [0.29, 0.717) is 0 Å². The maximum absolute atomic E-state index is 1.60. The first-order valence-corrected chi connectivity index (χ1v) is 12.9. The third kappa shape index (κ3) is 6.10. The van der Waals surface area contributed by atoms with E-state index in [9.17, 15) is 0 Å². The van der Waals surface area contributed by atoms with E-state index in [-0.39, 0.29) is 0 Å². The van der Waals surface area contributed by atoms with Crippen molar-refractivity contribution in [1.82, 2.24) is 0 Å². The first-order valence-electron chi connectivity index (χ1n) is 12.9. The lowest BCUT2D eigenvalue weighted by atomic mass is 9.52. The van der Waals surface area contributed by atoms with Crippen molar-refractivity contribution in [2.75, 3.05) is 0 Å². The van der Waals surface area contributed by atoms with Crippen molar-refractivity contribution < 1.29 is 0 Å². The highest BCUT2D eigenvalue weighted by Gasteiger charge is 2.43. The molecule has 3 fully saturated rings. The molecule has 0 radical (unpaired) electrons. The zero-order chi connectivity index (χ0) is 17.9. The van der Waals surface area contributed by atoms with Crippen molar-refractivity contribution in [3.8, 4) is 0 Å². The summed E-state index contributed by atoms with van der Waals surface area (Å²) in [5, 5.41) is 0. The lowest BCUT2D eigenvalue weighted by Gasteiger charge is -2.49. The summed E-state index contributed by atoms with van der Waals surface area (Å²) in [5.74, 6) is 2.14. The highest BCUT2D eigenvalue weighted by molar-refractivity contribution is 6.35. The molecule has 0 saturated carbocycles. The molecule has 0 aromatic rings. The standard InChI is InChI=1S/C23H45B3/c1-3-15-24-17-5-9-21-11-7-19-26-20-8-12-22-10-6-18-25-16-4-2-14-23(21,22)13-1/h21-22,24-26H,1-20H2. The Kier molecular flexibility index (Phi) is 9.58. The van der Waals surface area contributed by atoms with Gasteiger partial charge in [0.25, 0.3) is 0 Å². The minimum atomic E-state index is 0.742. The molecule has 3 rings (SSSR count). The molecule has 26 heavy (non-hydrogen) atoms. The maximum Gasteiger partial charge on any atom is 0.120 e. The summed E-state index contributed by atoms with van der Waals surface area (Å²) in [4.78, 5) is 0. The highest BCUT2D eigenvalue weighted by atomic mass is 14.5. The molecule has 3 heterocycles. The molecule has 0 bridgehead atoms. The van der Waals surface area contributed by atoms with Crippen molar-refractivity contribution in [2.24, 2.45) is 17.3 Å². The molecule has 0 N–H and O–H groups in total. The highest BCUT2D eigenvalue weighted by Crippen LogP contribution is 2.53. The summed E-state index contributed by atoms with van der Waals surface area (Å²) in [5.41, 5.74) is 0.742. The third-order valence-electron chi connectivity index (χ3n) is 8.62. The van der Waals surface area contributed by atoms with Gasteiger partial charge in [0.2, 0.25) is 0 Å². The average molecular weight is 354 g/mol. The first kappa shape index (κ1) is 20.9. The zero-order valence-corrected chi connectivity index (χ0v) is 17.9. The van der Waals surface area contributed by atoms with Crippen molar-refractivity contribution in [2.45, 2.75) is 128 Å². The van der Waals surface area contributed by atoms with Crippen molar-refractivity contribution in [3.05, 3.63) is 0 Å². The fourth-order valence-electron chi connectivity index (χ4n) is 7.13. The van der Waals surface area contributed by atoms with E-state index in [1.165, 1.54) is 72.6 Å². The molecule has 2 atom stereocenters. The molecule has 3 heteroatoms. The summed E-state index contributed by atoms with van der Waals surface area (Å²) >= 11 is 0. The molecule has 3 saturated heterocycles. The normalized spacial score (nSPS) is 36.0. The van der Waals surface area contributed by atoms with Gasteiger partial charge in [-0.1, -0.05) is 115 Å². The molecule has 1 spiro atoms. The Hall–Kier alpha value is 0.195. The van der Waals surface area contributed by atoms with E-state index >= 15 is 0 Å². The fourth-order valence-corrected chi connectivity index (χ4v) is 7.13. The third-order valence-corrected chi connectivity index (χ3v) is 8.62. The molecule has 0 nitrogen and oxygen atoms in total. The topological polar surface area (TPSA) is 0 Å². The van der Waals surface area contributed by atoms with E-state index in [1.54, 1.807) is 77.0 Å². The van der Waals surface area contributed by atoms with Crippen LogP contribution in [0.3, 0.4) is 0 Å². The van der Waals surface area contributed by atoms with Crippen LogP contribution in [0.1, 0.15) is 89.9 Å². The lowest BCUT2D eigenvalue weighted by molar-refractivity contribution is 0.0174. The molecular formula is C23H45B3. The van der Waals surface area contributed by atoms with Gasteiger partial charge in [-0.15, -0.1) is 0 Å². The van der Waals surface area contributed by atoms with Gasteiger partial charge in [-0.2, -0.15) is 0 Å². The smallest absolute Gasteiger partial charge is 0.0774 e. The van der Waals surface area contributed by atoms with Crippen LogP contribution in [0, 0.1) is 17.3 Å². The number of rotatable bonds is 0. The maximum atomic E-state index is 1.60. The summed E-state index contributed by atoms with van der Waals surface area (Å²) < 4.78 is 0. The Bertz CT molecular complexity index is 324. The van der Waals surface area contributed by atoms with E-state index in [2.05, 4.69) is 0 Å². The Balaban J connectivity index is 1.86. The van der Waals surface area contributed by atoms with Crippen LogP contribution in [-0.2, 0) is 0 Å². The molecule has 0 aromatic carbocycles. The molecule has 0 aliphatic carbocycles. The number of hydrogen-bond donors (Lipinski definition) is 0. The average Bonchev–Trinajstić information content (AvgIpc) is 2.67. The van der Waals surface area contributed by atoms with E-state index in [1.807, 2.05) is 0 Å². The Morgan fingerprint density at radius 3 is 1.15 bits per heavy atom. The Morgan fingerprint density at radius 2 is 0.769 bits per heavy atom. The Labute approximate surface area is 167 Å². The second-order valence-corrected chi connectivity index (χ2v) is 10.3. The van der Waals surface area contributed by atoms with Gasteiger partial charge in [-0.25, -0.2) is 0 Å². The van der Waals surface area contributed by atoms with E-state index in [4.69, 9.17) is 0 Å². The number of hydrogen-bond acceptors (Lipinski definition) is 0. The minimum absolute atomic E-state index is 0.742. The van der Waals surface area contributed by atoms with Crippen LogP contribution in [0.2, 0.25) is 37.9 Å². The van der Waals surface area contributed by atoms with Crippen LogP contribution in [0.5, 0.6) is 0 Å². The van der Waals surface area contributed by atoms with E-state index in [0.717, 1.165) is 17.3 Å². The van der Waals surface area contributed by atoms with Crippen LogP contribution in [0.4, 0.5) is 0 Å². The predicted molar refractivity (Wildman–Crippen MR) is 124 cm³/mol. The largest absolute Gasteiger partial charge is 0.120 e. The van der Waals surface area contributed by atoms with Gasteiger partial charge in [0.15, 0.2) is 0 Å². The van der Waals surface area contributed by atoms with Crippen LogP contribution in [-0.4, -0.2) is 21.8 Å². The monoisotopic (exact) mass is 354 g/mol. The van der Waals surface area contributed by atoms with Gasteiger partial charge in [0.1, 0.15) is 21.8 Å². The second-order valence-electron chi connectivity index (χ2n) is 10.3. The quantitative estimate of drug-likeness (QED) is 0.434. The lowest BCUT2D eigenvalue weighted by Crippen LogP contribution is -2.40. The van der Waals surface area contributed by atoms with Crippen LogP contribution in [0.15, 0.2) is 0 Å². The molecule has 0 aromatic heterocycles. The zero-order valence-electron chi connectivity index (χ0n) is 17.9. The SMILES string of the molecule is B1CCCCC23CCCCBCCCC2CCCBCCCC3CCC1. The molecule has 2 unspecified atom stereocenters. The molecule has 3 aliphatic heterocycles. The second kappa shape index (κ2) is 11.9.